The monoisotopic (exact) mass is 332 g/mol. The summed E-state index contributed by atoms with van der Waals surface area (Å²) >= 11 is 0. The Bertz CT molecular complexity index is 869. The number of rotatable bonds is 5. The molecule has 1 fully saturated rings. The molecule has 1 saturated carbocycles. The molecule has 1 N–H and O–H groups in total. The Balaban J connectivity index is 1.57. The predicted molar refractivity (Wildman–Crippen MR) is 95.8 cm³/mol. The van der Waals surface area contributed by atoms with Crippen LogP contribution in [0.2, 0.25) is 0 Å². The van der Waals surface area contributed by atoms with Crippen LogP contribution in [-0.4, -0.2) is 20.7 Å². The summed E-state index contributed by atoms with van der Waals surface area (Å²) in [5.74, 6) is 0.361. The average molecular weight is 332 g/mol. The van der Waals surface area contributed by atoms with E-state index >= 15 is 0 Å². The molecule has 2 heterocycles. The van der Waals surface area contributed by atoms with Crippen LogP contribution in [0, 0.1) is 5.92 Å². The summed E-state index contributed by atoms with van der Waals surface area (Å²) in [4.78, 5) is 17.3. The van der Waals surface area contributed by atoms with Crippen molar-refractivity contribution < 1.29 is 4.79 Å². The van der Waals surface area contributed by atoms with E-state index in [4.69, 9.17) is 0 Å². The van der Waals surface area contributed by atoms with Gasteiger partial charge in [-0.3, -0.25) is 14.5 Å². The number of hydrogen-bond donors (Lipinski definition) is 1. The Hall–Kier alpha value is -2.95. The molecule has 1 amide bonds. The number of carbonyl (C=O) groups is 1. The zero-order valence-corrected chi connectivity index (χ0v) is 14.1. The Labute approximate surface area is 146 Å². The molecule has 3 aromatic rings. The van der Waals surface area contributed by atoms with Gasteiger partial charge in [-0.2, -0.15) is 5.10 Å². The van der Waals surface area contributed by atoms with Gasteiger partial charge in [-0.1, -0.05) is 36.4 Å². The first-order valence-electron chi connectivity index (χ1n) is 8.53. The zero-order chi connectivity index (χ0) is 17.2. The van der Waals surface area contributed by atoms with E-state index in [1.807, 2.05) is 54.6 Å². The first kappa shape index (κ1) is 15.6. The molecule has 0 radical (unpaired) electrons. The minimum Gasteiger partial charge on any atom is -0.342 e. The quantitative estimate of drug-likeness (QED) is 0.779. The van der Waals surface area contributed by atoms with Gasteiger partial charge in [-0.15, -0.1) is 0 Å². The molecule has 0 aliphatic heterocycles. The maximum Gasteiger partial charge on any atom is 0.270 e. The second kappa shape index (κ2) is 6.51. The summed E-state index contributed by atoms with van der Waals surface area (Å²) in [5.41, 5.74) is 3.28. The lowest BCUT2D eigenvalue weighted by Gasteiger charge is -2.17. The van der Waals surface area contributed by atoms with Crippen molar-refractivity contribution >= 4 is 5.91 Å². The van der Waals surface area contributed by atoms with Gasteiger partial charge in [0.1, 0.15) is 5.69 Å². The van der Waals surface area contributed by atoms with Crippen LogP contribution in [0.15, 0.2) is 60.8 Å². The van der Waals surface area contributed by atoms with E-state index in [0.29, 0.717) is 11.6 Å². The third-order valence-corrected chi connectivity index (χ3v) is 4.57. The second-order valence-electron chi connectivity index (χ2n) is 6.45. The van der Waals surface area contributed by atoms with Gasteiger partial charge in [0.25, 0.3) is 5.91 Å². The molecule has 0 bridgehead atoms. The van der Waals surface area contributed by atoms with E-state index in [0.717, 1.165) is 29.8 Å². The van der Waals surface area contributed by atoms with Crippen molar-refractivity contribution in [1.29, 1.82) is 0 Å². The highest BCUT2D eigenvalue weighted by molar-refractivity contribution is 5.94. The van der Waals surface area contributed by atoms with Gasteiger partial charge < -0.3 is 5.32 Å². The van der Waals surface area contributed by atoms with Crippen LogP contribution in [0.3, 0.4) is 0 Å². The fourth-order valence-corrected chi connectivity index (χ4v) is 3.07. The standard InChI is InChI=1S/C20H20N4O/c1-24-18(13-17(23-24)14-7-3-2-4-8-14)20(25)22-19(15-10-11-15)16-9-5-6-12-21-16/h2-9,12-13,15,19H,10-11H2,1H3,(H,22,25). The maximum absolute atomic E-state index is 12.8. The summed E-state index contributed by atoms with van der Waals surface area (Å²) < 4.78 is 1.64. The lowest BCUT2D eigenvalue weighted by Crippen LogP contribution is -2.31. The molecule has 1 aliphatic carbocycles. The van der Waals surface area contributed by atoms with Gasteiger partial charge in [0.15, 0.2) is 0 Å². The molecule has 1 atom stereocenters. The van der Waals surface area contributed by atoms with Crippen LogP contribution in [0.1, 0.15) is 35.1 Å². The number of aromatic nitrogens is 3. The SMILES string of the molecule is Cn1nc(-c2ccccc2)cc1C(=O)NC(c1ccccn1)C1CC1. The molecule has 0 saturated heterocycles. The average Bonchev–Trinajstić information content (AvgIpc) is 3.42. The van der Waals surface area contributed by atoms with E-state index < -0.39 is 0 Å². The summed E-state index contributed by atoms with van der Waals surface area (Å²) in [6.45, 7) is 0. The number of hydrogen-bond acceptors (Lipinski definition) is 3. The fraction of sp³-hybridized carbons (Fsp3) is 0.250. The van der Waals surface area contributed by atoms with E-state index in [1.165, 1.54) is 0 Å². The lowest BCUT2D eigenvalue weighted by molar-refractivity contribution is 0.0921. The predicted octanol–water partition coefficient (Wildman–Crippen LogP) is 3.36. The fourth-order valence-electron chi connectivity index (χ4n) is 3.07. The van der Waals surface area contributed by atoms with E-state index in [9.17, 15) is 4.79 Å². The number of pyridine rings is 1. The highest BCUT2D eigenvalue weighted by Crippen LogP contribution is 2.40. The van der Waals surface area contributed by atoms with Crippen molar-refractivity contribution in [2.24, 2.45) is 13.0 Å². The van der Waals surface area contributed by atoms with Crippen LogP contribution in [0.25, 0.3) is 11.3 Å². The first-order valence-corrected chi connectivity index (χ1v) is 8.53. The van der Waals surface area contributed by atoms with Gasteiger partial charge in [0.05, 0.1) is 17.4 Å². The second-order valence-corrected chi connectivity index (χ2v) is 6.45. The highest BCUT2D eigenvalue weighted by atomic mass is 16.2. The smallest absolute Gasteiger partial charge is 0.270 e. The van der Waals surface area contributed by atoms with E-state index in [1.54, 1.807) is 17.9 Å². The van der Waals surface area contributed by atoms with Gasteiger partial charge in [-0.05, 0) is 37.0 Å². The molecule has 4 rings (SSSR count). The third-order valence-electron chi connectivity index (χ3n) is 4.57. The molecule has 2 aromatic heterocycles. The molecule has 5 heteroatoms. The van der Waals surface area contributed by atoms with Crippen LogP contribution < -0.4 is 5.32 Å². The van der Waals surface area contributed by atoms with Gasteiger partial charge in [0.2, 0.25) is 0 Å². The minimum atomic E-state index is -0.111. The molecule has 1 aliphatic rings. The third kappa shape index (κ3) is 3.31. The number of nitrogens with zero attached hydrogens (tertiary/aromatic N) is 3. The summed E-state index contributed by atoms with van der Waals surface area (Å²) in [7, 11) is 1.80. The zero-order valence-electron chi connectivity index (χ0n) is 14.1. The molecule has 1 unspecified atom stereocenters. The Morgan fingerprint density at radius 2 is 1.92 bits per heavy atom. The topological polar surface area (TPSA) is 59.8 Å². The van der Waals surface area contributed by atoms with Crippen LogP contribution in [-0.2, 0) is 7.05 Å². The Morgan fingerprint density at radius 1 is 1.16 bits per heavy atom. The molecule has 126 valence electrons. The molecule has 1 aromatic carbocycles. The molecule has 25 heavy (non-hydrogen) atoms. The van der Waals surface area contributed by atoms with E-state index in [-0.39, 0.29) is 11.9 Å². The summed E-state index contributed by atoms with van der Waals surface area (Å²) in [6.07, 6.45) is 4.03. The number of nitrogens with one attached hydrogen (secondary N) is 1. The van der Waals surface area contributed by atoms with Gasteiger partial charge in [0, 0.05) is 18.8 Å². The van der Waals surface area contributed by atoms with Crippen molar-refractivity contribution in [2.75, 3.05) is 0 Å². The number of amides is 1. The Morgan fingerprint density at radius 3 is 2.60 bits per heavy atom. The van der Waals surface area contributed by atoms with Gasteiger partial charge >= 0.3 is 0 Å². The van der Waals surface area contributed by atoms with Crippen molar-refractivity contribution in [3.63, 3.8) is 0 Å². The van der Waals surface area contributed by atoms with Gasteiger partial charge in [-0.25, -0.2) is 0 Å². The summed E-state index contributed by atoms with van der Waals surface area (Å²) in [6, 6.07) is 17.5. The largest absolute Gasteiger partial charge is 0.342 e. The van der Waals surface area contributed by atoms with Crippen LogP contribution in [0.4, 0.5) is 0 Å². The molecular weight excluding hydrogens is 312 g/mol. The minimum absolute atomic E-state index is 0.0382. The lowest BCUT2D eigenvalue weighted by atomic mass is 10.1. The number of aryl methyl sites for hydroxylation is 1. The first-order chi connectivity index (χ1) is 12.2. The van der Waals surface area contributed by atoms with E-state index in [2.05, 4.69) is 15.4 Å². The van der Waals surface area contributed by atoms with Crippen LogP contribution >= 0.6 is 0 Å². The molecular formula is C20H20N4O. The maximum atomic E-state index is 12.8. The normalized spacial score (nSPS) is 14.9. The Kier molecular flexibility index (Phi) is 4.06. The van der Waals surface area contributed by atoms with Crippen molar-refractivity contribution in [3.05, 3.63) is 72.2 Å². The van der Waals surface area contributed by atoms with Crippen LogP contribution in [0.5, 0.6) is 0 Å². The van der Waals surface area contributed by atoms with Crippen molar-refractivity contribution in [3.8, 4) is 11.3 Å². The van der Waals surface area contributed by atoms with Crippen molar-refractivity contribution in [1.82, 2.24) is 20.1 Å². The molecule has 0 spiro atoms. The highest BCUT2D eigenvalue weighted by Gasteiger charge is 2.34. The number of carbonyl (C=O) groups excluding carboxylic acids is 1. The number of benzene rings is 1. The molecule has 5 nitrogen and oxygen atoms in total. The summed E-state index contributed by atoms with van der Waals surface area (Å²) in [5, 5.41) is 7.64. The van der Waals surface area contributed by atoms with Crippen molar-refractivity contribution in [2.45, 2.75) is 18.9 Å².